The Balaban J connectivity index is 1.92. The Morgan fingerprint density at radius 1 is 1.36 bits per heavy atom. The summed E-state index contributed by atoms with van der Waals surface area (Å²) in [6.45, 7) is 2.14. The number of aliphatic imine (C=N–C) groups is 1. The fraction of sp³-hybridized carbons (Fsp3) is 0.810. The molecule has 1 heterocycles. The second kappa shape index (κ2) is 11.3. The van der Waals surface area contributed by atoms with Crippen molar-refractivity contribution >= 4 is 22.8 Å². The van der Waals surface area contributed by atoms with Gasteiger partial charge in [0.15, 0.2) is 5.72 Å². The van der Waals surface area contributed by atoms with Crippen LogP contribution >= 0.6 is 11.8 Å². The van der Waals surface area contributed by atoms with Gasteiger partial charge in [0.05, 0.1) is 29.6 Å². The van der Waals surface area contributed by atoms with E-state index < -0.39 is 17.9 Å². The summed E-state index contributed by atoms with van der Waals surface area (Å²) in [7, 11) is 3.05. The van der Waals surface area contributed by atoms with E-state index >= 15 is 0 Å². The van der Waals surface area contributed by atoms with Gasteiger partial charge in [0.2, 0.25) is 0 Å². The molecule has 0 unspecified atom stereocenters. The van der Waals surface area contributed by atoms with Gasteiger partial charge in [-0.1, -0.05) is 38.3 Å². The molecule has 0 aromatic heterocycles. The van der Waals surface area contributed by atoms with E-state index in [9.17, 15) is 15.0 Å². The normalized spacial score (nSPS) is 30.5. The molecule has 5 atom stereocenters. The second-order valence-electron chi connectivity index (χ2n) is 7.67. The molecule has 1 fully saturated rings. The number of hydrogen-bond donors (Lipinski definition) is 2. The number of rotatable bonds is 12. The number of unbranched alkanes of at least 4 members (excludes halogenated alkanes) is 3. The molecule has 7 heteroatoms. The third-order valence-corrected chi connectivity index (χ3v) is 7.08. The topological polar surface area (TPSA) is 88.4 Å². The lowest BCUT2D eigenvalue weighted by molar-refractivity contribution is -0.140. The van der Waals surface area contributed by atoms with Gasteiger partial charge in [-0.15, -0.1) is 11.8 Å². The smallest absolute Gasteiger partial charge is 0.305 e. The Bertz CT molecular complexity index is 567. The maximum atomic E-state index is 11.2. The maximum absolute atomic E-state index is 11.2. The lowest BCUT2D eigenvalue weighted by atomic mass is 10.0. The van der Waals surface area contributed by atoms with Crippen molar-refractivity contribution in [1.29, 1.82) is 0 Å². The Labute approximate surface area is 172 Å². The van der Waals surface area contributed by atoms with Gasteiger partial charge in [-0.3, -0.25) is 4.79 Å². The molecule has 0 radical (unpaired) electrons. The van der Waals surface area contributed by atoms with Crippen LogP contribution in [0.25, 0.3) is 0 Å². The molecule has 2 aliphatic rings. The van der Waals surface area contributed by atoms with Crippen LogP contribution < -0.4 is 0 Å². The standard InChI is InChI=1S/C21H35NO5S/c1-4-5-6-9-15(23)12-13-16-17(24)14-21(27-3)20(16)28-18(22-21)10-7-8-11-19(25)26-2/h12-13,15-17,20,23-24H,4-11,14H2,1-3H3/b13-12+/t15-,16-,17+,20+,21-/m0/s1. The minimum absolute atomic E-state index is 0.0159. The third kappa shape index (κ3) is 6.05. The molecular weight excluding hydrogens is 378 g/mol. The summed E-state index contributed by atoms with van der Waals surface area (Å²) >= 11 is 1.67. The zero-order valence-electron chi connectivity index (χ0n) is 17.3. The molecule has 0 aromatic rings. The van der Waals surface area contributed by atoms with Crippen LogP contribution in [0.3, 0.4) is 0 Å². The molecule has 28 heavy (non-hydrogen) atoms. The molecule has 0 aromatic carbocycles. The summed E-state index contributed by atoms with van der Waals surface area (Å²) in [5.74, 6) is -0.279. The monoisotopic (exact) mass is 413 g/mol. The first-order valence-corrected chi connectivity index (χ1v) is 11.3. The number of carbonyl (C=O) groups excluding carboxylic acids is 1. The maximum Gasteiger partial charge on any atom is 0.305 e. The summed E-state index contributed by atoms with van der Waals surface area (Å²) in [5.41, 5.74) is -0.691. The lowest BCUT2D eigenvalue weighted by Gasteiger charge is -2.25. The molecular formula is C21H35NO5S. The molecule has 6 nitrogen and oxygen atoms in total. The van der Waals surface area contributed by atoms with Crippen LogP contribution in [0.2, 0.25) is 0 Å². The average Bonchev–Trinajstić information content (AvgIpc) is 3.15. The Morgan fingerprint density at radius 3 is 2.82 bits per heavy atom. The van der Waals surface area contributed by atoms with E-state index in [2.05, 4.69) is 11.7 Å². The summed E-state index contributed by atoms with van der Waals surface area (Å²) < 4.78 is 10.4. The van der Waals surface area contributed by atoms with Crippen LogP contribution in [0, 0.1) is 5.92 Å². The molecule has 1 aliphatic carbocycles. The van der Waals surface area contributed by atoms with Crippen LogP contribution in [0.4, 0.5) is 0 Å². The number of hydrogen-bond acceptors (Lipinski definition) is 7. The van der Waals surface area contributed by atoms with Crippen molar-refractivity contribution in [2.45, 2.75) is 87.9 Å². The quantitative estimate of drug-likeness (QED) is 0.289. The molecule has 2 N–H and O–H groups in total. The molecule has 0 saturated heterocycles. The van der Waals surface area contributed by atoms with Crippen molar-refractivity contribution in [2.24, 2.45) is 10.9 Å². The van der Waals surface area contributed by atoms with Gasteiger partial charge in [0.1, 0.15) is 0 Å². The number of aliphatic hydroxyl groups is 2. The summed E-state index contributed by atoms with van der Waals surface area (Å²) in [5, 5.41) is 21.8. The largest absolute Gasteiger partial charge is 0.469 e. The molecule has 0 spiro atoms. The average molecular weight is 414 g/mol. The van der Waals surface area contributed by atoms with Crippen LogP contribution in [-0.4, -0.2) is 58.6 Å². The SMILES string of the molecule is CCCCC[C@H](O)/C=C/[C@H]1[C@H](O)C[C@@]2(OC)N=C(CCCCC(=O)OC)S[C@H]12. The Kier molecular flexibility index (Phi) is 9.47. The van der Waals surface area contributed by atoms with Crippen molar-refractivity contribution in [3.63, 3.8) is 0 Å². The summed E-state index contributed by atoms with van der Waals surface area (Å²) in [4.78, 5) is 16.0. The zero-order valence-corrected chi connectivity index (χ0v) is 18.1. The van der Waals surface area contributed by atoms with Crippen LogP contribution in [0.1, 0.15) is 64.7 Å². The third-order valence-electron chi connectivity index (χ3n) is 5.58. The fourth-order valence-electron chi connectivity index (χ4n) is 3.91. The van der Waals surface area contributed by atoms with Crippen LogP contribution in [0.15, 0.2) is 17.1 Å². The molecule has 0 bridgehead atoms. The molecule has 2 rings (SSSR count). The van der Waals surface area contributed by atoms with Gasteiger partial charge in [0, 0.05) is 25.9 Å². The van der Waals surface area contributed by atoms with Gasteiger partial charge in [-0.25, -0.2) is 4.99 Å². The van der Waals surface area contributed by atoms with E-state index in [1.54, 1.807) is 18.9 Å². The number of aliphatic hydroxyl groups excluding tert-OH is 2. The van der Waals surface area contributed by atoms with Crippen LogP contribution in [0.5, 0.6) is 0 Å². The van der Waals surface area contributed by atoms with Crippen molar-refractivity contribution in [3.05, 3.63) is 12.2 Å². The first-order valence-electron chi connectivity index (χ1n) is 10.4. The number of fused-ring (bicyclic) bond motifs is 1. The molecule has 1 aliphatic heterocycles. The van der Waals surface area contributed by atoms with Crippen molar-refractivity contribution < 1.29 is 24.5 Å². The number of carbonyl (C=O) groups is 1. The fourth-order valence-corrected chi connectivity index (χ4v) is 5.53. The van der Waals surface area contributed by atoms with E-state index in [4.69, 9.17) is 9.73 Å². The predicted molar refractivity (Wildman–Crippen MR) is 112 cm³/mol. The van der Waals surface area contributed by atoms with E-state index in [1.165, 1.54) is 7.11 Å². The van der Waals surface area contributed by atoms with Crippen LogP contribution in [-0.2, 0) is 14.3 Å². The van der Waals surface area contributed by atoms with Gasteiger partial charge in [-0.05, 0) is 25.7 Å². The number of ether oxygens (including phenoxy) is 2. The molecule has 0 amide bonds. The highest BCUT2D eigenvalue weighted by Gasteiger charge is 2.57. The van der Waals surface area contributed by atoms with Crippen molar-refractivity contribution in [3.8, 4) is 0 Å². The number of esters is 1. The molecule has 160 valence electrons. The highest BCUT2D eigenvalue weighted by Crippen LogP contribution is 2.51. The second-order valence-corrected chi connectivity index (χ2v) is 8.89. The van der Waals surface area contributed by atoms with Gasteiger partial charge in [-0.2, -0.15) is 0 Å². The van der Waals surface area contributed by atoms with Crippen molar-refractivity contribution in [1.82, 2.24) is 0 Å². The summed E-state index contributed by atoms with van der Waals surface area (Å²) in [6, 6.07) is 0. The minimum Gasteiger partial charge on any atom is -0.469 e. The van der Waals surface area contributed by atoms with E-state index in [1.807, 2.05) is 12.2 Å². The van der Waals surface area contributed by atoms with Gasteiger partial charge >= 0.3 is 5.97 Å². The number of methoxy groups -OCH3 is 2. The van der Waals surface area contributed by atoms with Gasteiger partial charge in [0.25, 0.3) is 0 Å². The highest BCUT2D eigenvalue weighted by atomic mass is 32.2. The molecule has 1 saturated carbocycles. The number of nitrogens with zero attached hydrogens (tertiary/aromatic N) is 1. The van der Waals surface area contributed by atoms with E-state index in [-0.39, 0.29) is 17.1 Å². The predicted octanol–water partition coefficient (Wildman–Crippen LogP) is 3.45. The minimum atomic E-state index is -0.691. The highest BCUT2D eigenvalue weighted by molar-refractivity contribution is 8.14. The summed E-state index contributed by atoms with van der Waals surface area (Å²) in [6.07, 6.45) is 10.1. The number of thioether (sulfide) groups is 1. The zero-order chi connectivity index (χ0) is 20.6. The Hall–Kier alpha value is -0.890. The lowest BCUT2D eigenvalue weighted by Crippen LogP contribution is -2.34. The first-order chi connectivity index (χ1) is 13.5. The van der Waals surface area contributed by atoms with E-state index in [0.717, 1.165) is 50.0 Å². The van der Waals surface area contributed by atoms with Gasteiger partial charge < -0.3 is 19.7 Å². The van der Waals surface area contributed by atoms with E-state index in [0.29, 0.717) is 12.8 Å². The van der Waals surface area contributed by atoms with Crippen molar-refractivity contribution in [2.75, 3.05) is 14.2 Å². The Morgan fingerprint density at radius 2 is 2.14 bits per heavy atom. The first kappa shape index (κ1) is 23.4.